The number of piperazine rings is 1. The third-order valence-corrected chi connectivity index (χ3v) is 7.88. The van der Waals surface area contributed by atoms with E-state index in [1.165, 1.54) is 29.5 Å². The number of hydrogen-bond donors (Lipinski definition) is 0. The van der Waals surface area contributed by atoms with Crippen LogP contribution in [-0.4, -0.2) is 58.2 Å². The number of benzene rings is 2. The first-order chi connectivity index (χ1) is 18.8. The zero-order valence-corrected chi connectivity index (χ0v) is 22.2. The lowest BCUT2D eigenvalue weighted by atomic mass is 9.92. The van der Waals surface area contributed by atoms with Crippen LogP contribution in [-0.2, 0) is 30.7 Å². The summed E-state index contributed by atoms with van der Waals surface area (Å²) in [5, 5.41) is 11.7. The smallest absolute Gasteiger partial charge is 0.142 e. The van der Waals surface area contributed by atoms with E-state index in [-0.39, 0.29) is 0 Å². The van der Waals surface area contributed by atoms with E-state index in [9.17, 15) is 0 Å². The topological polar surface area (TPSA) is 58.8 Å². The highest BCUT2D eigenvalue weighted by Gasteiger charge is 2.32. The molecule has 7 heteroatoms. The molecule has 38 heavy (non-hydrogen) atoms. The lowest BCUT2D eigenvalue weighted by molar-refractivity contribution is 0.130. The van der Waals surface area contributed by atoms with Gasteiger partial charge in [-0.15, -0.1) is 5.10 Å². The first kappa shape index (κ1) is 24.6. The molecule has 1 fully saturated rings. The van der Waals surface area contributed by atoms with E-state index in [2.05, 4.69) is 62.3 Å². The number of fused-ring (bicyclic) bond motifs is 3. The van der Waals surface area contributed by atoms with E-state index in [4.69, 9.17) is 14.9 Å². The summed E-state index contributed by atoms with van der Waals surface area (Å²) in [5.74, 6) is 0. The molecule has 0 N–H and O–H groups in total. The third kappa shape index (κ3) is 5.16. The second-order valence-corrected chi connectivity index (χ2v) is 10.4. The van der Waals surface area contributed by atoms with Gasteiger partial charge in [0.15, 0.2) is 0 Å². The molecule has 0 saturated carbocycles. The molecule has 6 rings (SSSR count). The molecule has 196 valence electrons. The third-order valence-electron chi connectivity index (χ3n) is 7.88. The van der Waals surface area contributed by atoms with E-state index in [1.807, 2.05) is 25.1 Å². The normalized spacial score (nSPS) is 16.6. The van der Waals surface area contributed by atoms with Crippen molar-refractivity contribution in [3.05, 3.63) is 94.8 Å². The fraction of sp³-hybridized carbons (Fsp3) is 0.387. The zero-order chi connectivity index (χ0) is 25.7. The Balaban J connectivity index is 1.20. The Kier molecular flexibility index (Phi) is 7.36. The standard InChI is InChI=1S/C31H36N6O/c1-24(34-38-22-26-12-6-3-7-13-26)29-27-14-8-9-15-28(27)31-30(29)32-23-33-37(31)36-20-18-35(19-21-36)17-16-25-10-4-2-5-11-25/h2-7,10-13,23H,8-9,14-22H2,1H3. The van der Waals surface area contributed by atoms with Gasteiger partial charge in [-0.25, -0.2) is 4.98 Å². The molecule has 0 bridgehead atoms. The average molecular weight is 509 g/mol. The van der Waals surface area contributed by atoms with Crippen LogP contribution in [0.5, 0.6) is 0 Å². The van der Waals surface area contributed by atoms with Crippen molar-refractivity contribution in [1.29, 1.82) is 0 Å². The summed E-state index contributed by atoms with van der Waals surface area (Å²) < 4.78 is 0. The van der Waals surface area contributed by atoms with Crippen LogP contribution in [0.25, 0.3) is 11.4 Å². The minimum atomic E-state index is 0.461. The largest absolute Gasteiger partial charge is 0.391 e. The summed E-state index contributed by atoms with van der Waals surface area (Å²) in [6.07, 6.45) is 7.32. The molecule has 2 aliphatic carbocycles. The minimum Gasteiger partial charge on any atom is -0.391 e. The van der Waals surface area contributed by atoms with Crippen molar-refractivity contribution in [2.75, 3.05) is 37.7 Å². The number of rotatable bonds is 8. The van der Waals surface area contributed by atoms with Crippen LogP contribution in [0.15, 0.2) is 72.1 Å². The van der Waals surface area contributed by atoms with Gasteiger partial charge in [-0.1, -0.05) is 65.8 Å². The summed E-state index contributed by atoms with van der Waals surface area (Å²) in [6.45, 7) is 7.58. The Labute approximate surface area is 225 Å². The van der Waals surface area contributed by atoms with Crippen molar-refractivity contribution in [2.24, 2.45) is 5.16 Å². The Hall–Kier alpha value is -3.71. The Bertz CT molecular complexity index is 1340. The quantitative estimate of drug-likeness (QED) is 0.255. The van der Waals surface area contributed by atoms with Crippen molar-refractivity contribution >= 4 is 5.71 Å². The fourth-order valence-electron chi connectivity index (χ4n) is 5.89. The molecule has 0 spiro atoms. The summed E-state index contributed by atoms with van der Waals surface area (Å²) in [4.78, 5) is 15.3. The number of oxime groups is 1. The molecule has 0 amide bonds. The predicted octanol–water partition coefficient (Wildman–Crippen LogP) is 4.70. The van der Waals surface area contributed by atoms with E-state index >= 15 is 0 Å². The van der Waals surface area contributed by atoms with Crippen molar-refractivity contribution in [2.45, 2.75) is 45.6 Å². The molecule has 1 saturated heterocycles. The van der Waals surface area contributed by atoms with Gasteiger partial charge in [0.1, 0.15) is 24.3 Å². The first-order valence-corrected chi connectivity index (χ1v) is 13.9. The first-order valence-electron chi connectivity index (χ1n) is 13.9. The molecule has 2 heterocycles. The molecule has 4 aliphatic rings. The highest BCUT2D eigenvalue weighted by Crippen LogP contribution is 2.40. The molecule has 0 aromatic heterocycles. The van der Waals surface area contributed by atoms with Crippen LogP contribution in [0.4, 0.5) is 0 Å². The Morgan fingerprint density at radius 2 is 1.55 bits per heavy atom. The average Bonchev–Trinajstić information content (AvgIpc) is 3.32. The van der Waals surface area contributed by atoms with Crippen LogP contribution in [0.2, 0.25) is 0 Å². The van der Waals surface area contributed by atoms with Gasteiger partial charge in [0.05, 0.1) is 5.71 Å². The maximum absolute atomic E-state index is 5.78. The molecule has 0 atom stereocenters. The molecular formula is C31H36N6O. The summed E-state index contributed by atoms with van der Waals surface area (Å²) in [6, 6.07) is 21.0. The van der Waals surface area contributed by atoms with Crippen LogP contribution in [0, 0.1) is 0 Å². The lowest BCUT2D eigenvalue weighted by Crippen LogP contribution is -2.52. The van der Waals surface area contributed by atoms with Gasteiger partial charge < -0.3 is 4.84 Å². The van der Waals surface area contributed by atoms with E-state index in [0.717, 1.165) is 80.2 Å². The molecule has 0 unspecified atom stereocenters. The van der Waals surface area contributed by atoms with Crippen LogP contribution < -0.4 is 5.01 Å². The van der Waals surface area contributed by atoms with Crippen molar-refractivity contribution in [1.82, 2.24) is 19.8 Å². The summed E-state index contributed by atoms with van der Waals surface area (Å²) in [5.41, 5.74) is 9.49. The van der Waals surface area contributed by atoms with Gasteiger partial charge in [-0.2, -0.15) is 4.79 Å². The molecule has 7 nitrogen and oxygen atoms in total. The van der Waals surface area contributed by atoms with Crippen LogP contribution in [0.3, 0.4) is 0 Å². The lowest BCUT2D eigenvalue weighted by Gasteiger charge is -2.37. The molecule has 2 aromatic carbocycles. The van der Waals surface area contributed by atoms with Crippen LogP contribution >= 0.6 is 0 Å². The molecular weight excluding hydrogens is 472 g/mol. The number of hydrogen-bond acceptors (Lipinski definition) is 6. The predicted molar refractivity (Wildman–Crippen MR) is 151 cm³/mol. The van der Waals surface area contributed by atoms with Gasteiger partial charge in [-0.3, -0.25) is 9.91 Å². The van der Waals surface area contributed by atoms with Crippen molar-refractivity contribution < 1.29 is 4.84 Å². The van der Waals surface area contributed by atoms with Crippen LogP contribution in [0.1, 0.15) is 47.6 Å². The van der Waals surface area contributed by atoms with Gasteiger partial charge in [0, 0.05) is 38.3 Å². The highest BCUT2D eigenvalue weighted by atomic mass is 16.6. The van der Waals surface area contributed by atoms with Gasteiger partial charge >= 0.3 is 0 Å². The molecule has 0 radical (unpaired) electrons. The number of nitrogens with zero attached hydrogens (tertiary/aromatic N) is 6. The molecule has 2 aromatic rings. The monoisotopic (exact) mass is 508 g/mol. The fourth-order valence-corrected chi connectivity index (χ4v) is 5.89. The summed E-state index contributed by atoms with van der Waals surface area (Å²) in [7, 11) is 0. The van der Waals surface area contributed by atoms with Crippen molar-refractivity contribution in [3.63, 3.8) is 0 Å². The maximum Gasteiger partial charge on any atom is 0.142 e. The van der Waals surface area contributed by atoms with Gasteiger partial charge in [0.25, 0.3) is 0 Å². The minimum absolute atomic E-state index is 0.461. The van der Waals surface area contributed by atoms with Crippen molar-refractivity contribution in [3.8, 4) is 11.4 Å². The SMILES string of the molecule is CC(=NOCc1ccccc1)c1c2ncnn(N3CCN(CCc4ccccc4)CC3)c-2c2c1CCCC2. The Morgan fingerprint density at radius 3 is 2.29 bits per heavy atom. The van der Waals surface area contributed by atoms with Gasteiger partial charge in [0.2, 0.25) is 0 Å². The zero-order valence-electron chi connectivity index (χ0n) is 22.2. The van der Waals surface area contributed by atoms with Gasteiger partial charge in [-0.05, 0) is 61.3 Å². The summed E-state index contributed by atoms with van der Waals surface area (Å²) >= 11 is 0. The Morgan fingerprint density at radius 1 is 0.868 bits per heavy atom. The highest BCUT2D eigenvalue weighted by molar-refractivity contribution is 6.06. The van der Waals surface area contributed by atoms with E-state index in [1.54, 1.807) is 6.33 Å². The second-order valence-electron chi connectivity index (χ2n) is 10.4. The molecule has 2 aliphatic heterocycles. The maximum atomic E-state index is 5.78. The van der Waals surface area contributed by atoms with E-state index in [0.29, 0.717) is 6.61 Å². The second kappa shape index (κ2) is 11.4. The number of aromatic nitrogens is 3. The van der Waals surface area contributed by atoms with E-state index < -0.39 is 0 Å².